The molecule has 0 saturated heterocycles. The molecule has 2 aromatic rings. The van der Waals surface area contributed by atoms with Crippen molar-refractivity contribution < 1.29 is 19.0 Å². The van der Waals surface area contributed by atoms with Crippen molar-refractivity contribution in [3.8, 4) is 5.75 Å². The van der Waals surface area contributed by atoms with E-state index < -0.39 is 17.7 Å². The van der Waals surface area contributed by atoms with E-state index in [0.717, 1.165) is 22.4 Å². The number of halogens is 1. The molecule has 0 aliphatic carbocycles. The number of hydrogen-bond acceptors (Lipinski definition) is 2. The third-order valence-electron chi connectivity index (χ3n) is 3.81. The van der Waals surface area contributed by atoms with E-state index in [0.29, 0.717) is 5.56 Å². The Morgan fingerprint density at radius 1 is 1.17 bits per heavy atom. The molecule has 0 amide bonds. The average molecular weight is 316 g/mol. The highest BCUT2D eigenvalue weighted by Gasteiger charge is 2.20. The molecule has 1 unspecified atom stereocenters. The largest absolute Gasteiger partial charge is 0.493 e. The first-order chi connectivity index (χ1) is 10.9. The second-order valence-electron chi connectivity index (χ2n) is 5.81. The minimum Gasteiger partial charge on any atom is -0.493 e. The first-order valence-electron chi connectivity index (χ1n) is 7.57. The highest BCUT2D eigenvalue weighted by Crippen LogP contribution is 2.26. The van der Waals surface area contributed by atoms with E-state index in [1.165, 1.54) is 18.2 Å². The van der Waals surface area contributed by atoms with Gasteiger partial charge >= 0.3 is 5.97 Å². The van der Waals surface area contributed by atoms with Gasteiger partial charge in [-0.1, -0.05) is 29.8 Å². The molecule has 0 radical (unpaired) electrons. The molecule has 4 heteroatoms. The van der Waals surface area contributed by atoms with Crippen molar-refractivity contribution in [2.24, 2.45) is 0 Å². The van der Waals surface area contributed by atoms with E-state index in [2.05, 4.69) is 0 Å². The van der Waals surface area contributed by atoms with E-state index in [-0.39, 0.29) is 13.0 Å². The smallest absolute Gasteiger partial charge is 0.311 e. The van der Waals surface area contributed by atoms with Crippen molar-refractivity contribution in [3.05, 3.63) is 64.5 Å². The van der Waals surface area contributed by atoms with E-state index in [1.807, 2.05) is 32.9 Å². The van der Waals surface area contributed by atoms with Gasteiger partial charge in [0.2, 0.25) is 0 Å². The Bertz CT molecular complexity index is 687. The zero-order valence-corrected chi connectivity index (χ0v) is 13.6. The summed E-state index contributed by atoms with van der Waals surface area (Å²) in [4.78, 5) is 11.5. The molecule has 3 nitrogen and oxygen atoms in total. The first-order valence-corrected chi connectivity index (χ1v) is 7.57. The number of carbonyl (C=O) groups is 1. The highest BCUT2D eigenvalue weighted by molar-refractivity contribution is 5.76. The Morgan fingerprint density at radius 2 is 1.83 bits per heavy atom. The molecule has 0 spiro atoms. The maximum Gasteiger partial charge on any atom is 0.311 e. The number of hydrogen-bond donors (Lipinski definition) is 1. The quantitative estimate of drug-likeness (QED) is 0.860. The lowest BCUT2D eigenvalue weighted by Crippen LogP contribution is -2.15. The molecule has 1 N–H and O–H groups in total. The molecule has 122 valence electrons. The van der Waals surface area contributed by atoms with Gasteiger partial charge in [-0.15, -0.1) is 0 Å². The van der Waals surface area contributed by atoms with Gasteiger partial charge in [0.25, 0.3) is 0 Å². The zero-order valence-electron chi connectivity index (χ0n) is 13.6. The fourth-order valence-corrected chi connectivity index (χ4v) is 2.83. The maximum absolute atomic E-state index is 13.3. The van der Waals surface area contributed by atoms with E-state index in [4.69, 9.17) is 4.74 Å². The molecule has 1 atom stereocenters. The summed E-state index contributed by atoms with van der Waals surface area (Å²) < 4.78 is 19.1. The third-order valence-corrected chi connectivity index (χ3v) is 3.81. The van der Waals surface area contributed by atoms with Gasteiger partial charge in [0.05, 0.1) is 12.5 Å². The summed E-state index contributed by atoms with van der Waals surface area (Å²) in [6.07, 6.45) is 0.283. The van der Waals surface area contributed by atoms with E-state index in [9.17, 15) is 14.3 Å². The maximum atomic E-state index is 13.3. The van der Waals surface area contributed by atoms with Crippen molar-refractivity contribution in [1.29, 1.82) is 0 Å². The molecule has 0 fully saturated rings. The van der Waals surface area contributed by atoms with Crippen LogP contribution in [-0.2, 0) is 4.79 Å². The lowest BCUT2D eigenvalue weighted by Gasteiger charge is -2.16. The number of aryl methyl sites for hydroxylation is 3. The summed E-state index contributed by atoms with van der Waals surface area (Å²) in [6.45, 7) is 6.22. The van der Waals surface area contributed by atoms with Crippen molar-refractivity contribution in [3.63, 3.8) is 0 Å². The van der Waals surface area contributed by atoms with Crippen molar-refractivity contribution in [2.45, 2.75) is 33.1 Å². The van der Waals surface area contributed by atoms with Gasteiger partial charge in [-0.25, -0.2) is 4.39 Å². The van der Waals surface area contributed by atoms with Crippen LogP contribution in [0.2, 0.25) is 0 Å². The second-order valence-corrected chi connectivity index (χ2v) is 5.81. The molecule has 23 heavy (non-hydrogen) atoms. The normalized spacial score (nSPS) is 12.0. The van der Waals surface area contributed by atoms with Gasteiger partial charge in [-0.3, -0.25) is 4.79 Å². The van der Waals surface area contributed by atoms with Crippen LogP contribution in [0.3, 0.4) is 0 Å². The Balaban J connectivity index is 2.08. The molecular weight excluding hydrogens is 295 g/mol. The Labute approximate surface area is 135 Å². The predicted molar refractivity (Wildman–Crippen MR) is 87.5 cm³/mol. The van der Waals surface area contributed by atoms with Crippen molar-refractivity contribution in [1.82, 2.24) is 0 Å². The summed E-state index contributed by atoms with van der Waals surface area (Å²) in [5.74, 6) is -1.40. The Kier molecular flexibility index (Phi) is 5.37. The standard InChI is InChI=1S/C19H21FO3/c1-12-9-13(2)18(14(3)10-12)23-8-7-17(19(21)22)15-5-4-6-16(20)11-15/h4-6,9-11,17H,7-8H2,1-3H3,(H,21,22). The van der Waals surface area contributed by atoms with Gasteiger partial charge < -0.3 is 9.84 Å². The molecule has 0 aromatic heterocycles. The van der Waals surface area contributed by atoms with E-state index in [1.54, 1.807) is 6.07 Å². The lowest BCUT2D eigenvalue weighted by molar-refractivity contribution is -0.139. The molecular formula is C19H21FO3. The topological polar surface area (TPSA) is 46.5 Å². The Hall–Kier alpha value is -2.36. The predicted octanol–water partition coefficient (Wildman–Crippen LogP) is 4.39. The molecule has 0 saturated carbocycles. The number of aliphatic carboxylic acids is 1. The van der Waals surface area contributed by atoms with Crippen LogP contribution in [0.25, 0.3) is 0 Å². The highest BCUT2D eigenvalue weighted by atomic mass is 19.1. The number of carboxylic acids is 1. The number of rotatable bonds is 6. The molecule has 2 rings (SSSR count). The fraction of sp³-hybridized carbons (Fsp3) is 0.316. The monoisotopic (exact) mass is 316 g/mol. The van der Waals surface area contributed by atoms with Crippen LogP contribution >= 0.6 is 0 Å². The van der Waals surface area contributed by atoms with Gasteiger partial charge in [0.1, 0.15) is 11.6 Å². The fourth-order valence-electron chi connectivity index (χ4n) is 2.83. The number of ether oxygens (including phenoxy) is 1. The first kappa shape index (κ1) is 17.0. The molecule has 0 heterocycles. The molecule has 0 aliphatic rings. The van der Waals surface area contributed by atoms with Gasteiger partial charge in [0, 0.05) is 0 Å². The Morgan fingerprint density at radius 3 is 2.39 bits per heavy atom. The van der Waals surface area contributed by atoms with Crippen LogP contribution in [-0.4, -0.2) is 17.7 Å². The summed E-state index contributed by atoms with van der Waals surface area (Å²) in [5, 5.41) is 9.38. The van der Waals surface area contributed by atoms with E-state index >= 15 is 0 Å². The summed E-state index contributed by atoms with van der Waals surface area (Å²) in [5.41, 5.74) is 3.68. The van der Waals surface area contributed by atoms with Crippen molar-refractivity contribution >= 4 is 5.97 Å². The van der Waals surface area contributed by atoms with Crippen molar-refractivity contribution in [2.75, 3.05) is 6.61 Å². The minimum atomic E-state index is -0.975. The number of benzene rings is 2. The van der Waals surface area contributed by atoms with Crippen LogP contribution in [0.15, 0.2) is 36.4 Å². The van der Waals surface area contributed by atoms with Crippen LogP contribution in [0.1, 0.15) is 34.6 Å². The number of carboxylic acid groups (broad SMARTS) is 1. The lowest BCUT2D eigenvalue weighted by atomic mass is 9.96. The molecule has 2 aromatic carbocycles. The van der Waals surface area contributed by atoms with Gasteiger partial charge in [-0.2, -0.15) is 0 Å². The van der Waals surface area contributed by atoms with Gasteiger partial charge in [0.15, 0.2) is 0 Å². The van der Waals surface area contributed by atoms with Crippen LogP contribution in [0.4, 0.5) is 4.39 Å². The third kappa shape index (κ3) is 4.31. The van der Waals surface area contributed by atoms with Crippen LogP contribution < -0.4 is 4.74 Å². The molecule has 0 aliphatic heterocycles. The SMILES string of the molecule is Cc1cc(C)c(OCCC(C(=O)O)c2cccc(F)c2)c(C)c1. The average Bonchev–Trinajstić information content (AvgIpc) is 2.45. The summed E-state index contributed by atoms with van der Waals surface area (Å²) >= 11 is 0. The molecule has 0 bridgehead atoms. The summed E-state index contributed by atoms with van der Waals surface area (Å²) in [6, 6.07) is 9.78. The van der Waals surface area contributed by atoms with Gasteiger partial charge in [-0.05, 0) is 56.0 Å². The minimum absolute atomic E-state index is 0.262. The zero-order chi connectivity index (χ0) is 17.0. The second kappa shape index (κ2) is 7.27. The summed E-state index contributed by atoms with van der Waals surface area (Å²) in [7, 11) is 0. The van der Waals surface area contributed by atoms with Crippen LogP contribution in [0.5, 0.6) is 5.75 Å². The van der Waals surface area contributed by atoms with Crippen LogP contribution in [0, 0.1) is 26.6 Å².